The van der Waals surface area contributed by atoms with E-state index in [-0.39, 0.29) is 12.0 Å². The van der Waals surface area contributed by atoms with Gasteiger partial charge in [-0.05, 0) is 50.8 Å². The molecule has 0 bridgehead atoms. The zero-order valence-electron chi connectivity index (χ0n) is 22.9. The fourth-order valence-electron chi connectivity index (χ4n) is 4.68. The first-order chi connectivity index (χ1) is 18.7. The average molecular weight is 541 g/mol. The SMILES string of the molecule is COc1ccc2c(CCN(C)C)cn(C(=O)OCOC(=O)OC3CCN(C(=O)C4=CN(C)C=CC4)CC3)c2c1. The summed E-state index contributed by atoms with van der Waals surface area (Å²) in [4.78, 5) is 43.5. The number of piperidine rings is 1. The molecule has 210 valence electrons. The Morgan fingerprint density at radius 1 is 1.10 bits per heavy atom. The third-order valence-corrected chi connectivity index (χ3v) is 6.78. The number of allylic oxidation sites excluding steroid dienone is 1. The fourth-order valence-corrected chi connectivity index (χ4v) is 4.68. The minimum absolute atomic E-state index is 0.000772. The molecule has 0 atom stereocenters. The largest absolute Gasteiger partial charge is 0.511 e. The summed E-state index contributed by atoms with van der Waals surface area (Å²) in [5.41, 5.74) is 2.37. The number of amides is 1. The first-order valence-corrected chi connectivity index (χ1v) is 13.0. The van der Waals surface area contributed by atoms with Gasteiger partial charge in [0, 0.05) is 68.9 Å². The molecule has 0 radical (unpaired) electrons. The topological polar surface area (TPSA) is 103 Å². The van der Waals surface area contributed by atoms with Gasteiger partial charge in [-0.15, -0.1) is 0 Å². The number of likely N-dealkylation sites (tertiary alicyclic amines) is 1. The number of methoxy groups -OCH3 is 1. The Labute approximate surface area is 228 Å². The number of rotatable bonds is 8. The number of ether oxygens (including phenoxy) is 4. The molecule has 0 N–H and O–H groups in total. The highest BCUT2D eigenvalue weighted by atomic mass is 16.8. The Morgan fingerprint density at radius 2 is 1.87 bits per heavy atom. The van der Waals surface area contributed by atoms with Crippen LogP contribution in [0.1, 0.15) is 24.8 Å². The van der Waals surface area contributed by atoms with Crippen LogP contribution in [0.15, 0.2) is 48.4 Å². The quantitative estimate of drug-likeness (QED) is 0.367. The van der Waals surface area contributed by atoms with Crippen LogP contribution < -0.4 is 4.74 Å². The van der Waals surface area contributed by atoms with Crippen LogP contribution in [-0.2, 0) is 25.4 Å². The Hall–Kier alpha value is -3.99. The van der Waals surface area contributed by atoms with E-state index in [1.807, 2.05) is 56.7 Å². The van der Waals surface area contributed by atoms with Gasteiger partial charge in [-0.2, -0.15) is 0 Å². The van der Waals surface area contributed by atoms with Gasteiger partial charge >= 0.3 is 12.2 Å². The van der Waals surface area contributed by atoms with Gasteiger partial charge in [-0.1, -0.05) is 6.08 Å². The van der Waals surface area contributed by atoms with Crippen molar-refractivity contribution in [1.82, 2.24) is 19.3 Å². The molecule has 0 saturated carbocycles. The molecule has 4 rings (SSSR count). The molecule has 1 aromatic heterocycles. The summed E-state index contributed by atoms with van der Waals surface area (Å²) >= 11 is 0. The predicted molar refractivity (Wildman–Crippen MR) is 144 cm³/mol. The molecule has 2 aromatic rings. The molecule has 0 aliphatic carbocycles. The van der Waals surface area contributed by atoms with Crippen LogP contribution in [0.5, 0.6) is 5.75 Å². The maximum atomic E-state index is 12.8. The number of hydrogen-bond acceptors (Lipinski definition) is 9. The second-order valence-electron chi connectivity index (χ2n) is 9.90. The van der Waals surface area contributed by atoms with Gasteiger partial charge < -0.3 is 33.6 Å². The highest BCUT2D eigenvalue weighted by Crippen LogP contribution is 2.27. The van der Waals surface area contributed by atoms with Crippen molar-refractivity contribution in [1.29, 1.82) is 0 Å². The standard InChI is InChI=1S/C28H36N4O7/c1-29(2)13-9-20-18-32(25-16-23(36-4)7-8-24(20)25)27(34)37-19-38-28(35)39-22-10-14-31(15-11-22)26(33)21-6-5-12-30(3)17-21/h5,7-8,12,16-18,22H,6,9-11,13-15,19H2,1-4H3. The van der Waals surface area contributed by atoms with Gasteiger partial charge in [0.15, 0.2) is 0 Å². The number of fused-ring (bicyclic) bond motifs is 1. The molecule has 1 amide bonds. The summed E-state index contributed by atoms with van der Waals surface area (Å²) in [6.45, 7) is 1.20. The summed E-state index contributed by atoms with van der Waals surface area (Å²) < 4.78 is 22.3. The van der Waals surface area contributed by atoms with E-state index >= 15 is 0 Å². The summed E-state index contributed by atoms with van der Waals surface area (Å²) in [6, 6.07) is 5.53. The van der Waals surface area contributed by atoms with Gasteiger partial charge in [-0.25, -0.2) is 9.59 Å². The van der Waals surface area contributed by atoms with Crippen molar-refractivity contribution < 1.29 is 33.3 Å². The van der Waals surface area contributed by atoms with Crippen molar-refractivity contribution in [3.8, 4) is 5.75 Å². The Kier molecular flexibility index (Phi) is 9.13. The highest BCUT2D eigenvalue weighted by Gasteiger charge is 2.28. The molecule has 1 fully saturated rings. The van der Waals surface area contributed by atoms with Gasteiger partial charge in [0.1, 0.15) is 11.9 Å². The molecule has 3 heterocycles. The van der Waals surface area contributed by atoms with E-state index in [0.717, 1.165) is 29.5 Å². The minimum atomic E-state index is -0.917. The van der Waals surface area contributed by atoms with E-state index in [0.29, 0.717) is 43.6 Å². The van der Waals surface area contributed by atoms with Crippen molar-refractivity contribution in [3.63, 3.8) is 0 Å². The summed E-state index contributed by atoms with van der Waals surface area (Å²) in [5.74, 6) is 0.611. The maximum Gasteiger partial charge on any atom is 0.511 e. The molecular formula is C28H36N4O7. The van der Waals surface area contributed by atoms with Crippen molar-refractivity contribution in [2.75, 3.05) is 54.7 Å². The van der Waals surface area contributed by atoms with E-state index in [2.05, 4.69) is 4.90 Å². The lowest BCUT2D eigenvalue weighted by Crippen LogP contribution is -2.42. The maximum absolute atomic E-state index is 12.8. The monoisotopic (exact) mass is 540 g/mol. The van der Waals surface area contributed by atoms with Crippen molar-refractivity contribution in [3.05, 3.63) is 54.0 Å². The molecule has 2 aliphatic rings. The third kappa shape index (κ3) is 7.11. The molecule has 11 heteroatoms. The normalized spacial score (nSPS) is 15.9. The van der Waals surface area contributed by atoms with Crippen LogP contribution in [0, 0.1) is 0 Å². The number of carbonyl (C=O) groups excluding carboxylic acids is 3. The van der Waals surface area contributed by atoms with E-state index < -0.39 is 19.0 Å². The molecule has 0 spiro atoms. The molecule has 1 saturated heterocycles. The minimum Gasteiger partial charge on any atom is -0.497 e. The van der Waals surface area contributed by atoms with E-state index in [9.17, 15) is 14.4 Å². The van der Waals surface area contributed by atoms with Crippen molar-refractivity contribution in [2.24, 2.45) is 0 Å². The smallest absolute Gasteiger partial charge is 0.497 e. The van der Waals surface area contributed by atoms with Crippen LogP contribution in [0.25, 0.3) is 10.9 Å². The van der Waals surface area contributed by atoms with E-state index in [1.165, 1.54) is 4.57 Å². The second-order valence-corrected chi connectivity index (χ2v) is 9.90. The first kappa shape index (κ1) is 28.0. The summed E-state index contributed by atoms with van der Waals surface area (Å²) in [5, 5.41) is 0.919. The van der Waals surface area contributed by atoms with Gasteiger partial charge in [0.25, 0.3) is 5.91 Å². The van der Waals surface area contributed by atoms with Gasteiger partial charge in [0.2, 0.25) is 6.79 Å². The van der Waals surface area contributed by atoms with Crippen LogP contribution in [0.3, 0.4) is 0 Å². The highest BCUT2D eigenvalue weighted by molar-refractivity contribution is 5.94. The number of nitrogens with zero attached hydrogens (tertiary/aromatic N) is 4. The van der Waals surface area contributed by atoms with Crippen molar-refractivity contribution >= 4 is 29.1 Å². The molecule has 11 nitrogen and oxygen atoms in total. The number of likely N-dealkylation sites (N-methyl/N-ethyl adjacent to an activating group) is 1. The average Bonchev–Trinajstić information content (AvgIpc) is 3.29. The lowest BCUT2D eigenvalue weighted by Gasteiger charge is -2.32. The lowest BCUT2D eigenvalue weighted by atomic mass is 10.0. The zero-order chi connectivity index (χ0) is 27.9. The number of benzene rings is 1. The van der Waals surface area contributed by atoms with E-state index in [1.54, 1.807) is 24.3 Å². The van der Waals surface area contributed by atoms with Crippen molar-refractivity contribution in [2.45, 2.75) is 31.8 Å². The summed E-state index contributed by atoms with van der Waals surface area (Å²) in [6.07, 6.45) is 7.83. The van der Waals surface area contributed by atoms with Gasteiger partial charge in [0.05, 0.1) is 12.6 Å². The number of carbonyl (C=O) groups is 3. The Balaban J connectivity index is 1.25. The Bertz CT molecular complexity index is 1260. The first-order valence-electron chi connectivity index (χ1n) is 13.0. The second kappa shape index (κ2) is 12.7. The lowest BCUT2D eigenvalue weighted by molar-refractivity contribution is -0.129. The van der Waals surface area contributed by atoms with Crippen LogP contribution >= 0.6 is 0 Å². The zero-order valence-corrected chi connectivity index (χ0v) is 22.9. The number of hydrogen-bond donors (Lipinski definition) is 0. The third-order valence-electron chi connectivity index (χ3n) is 6.78. The molecule has 2 aliphatic heterocycles. The van der Waals surface area contributed by atoms with Crippen LogP contribution in [0.4, 0.5) is 9.59 Å². The Morgan fingerprint density at radius 3 is 2.56 bits per heavy atom. The summed E-state index contributed by atoms with van der Waals surface area (Å²) in [7, 11) is 7.42. The molecule has 1 aromatic carbocycles. The fraction of sp³-hybridized carbons (Fsp3) is 0.464. The predicted octanol–water partition coefficient (Wildman–Crippen LogP) is 3.57. The van der Waals surface area contributed by atoms with Gasteiger partial charge in [-0.3, -0.25) is 9.36 Å². The number of aromatic nitrogens is 1. The van der Waals surface area contributed by atoms with E-state index in [4.69, 9.17) is 18.9 Å². The van der Waals surface area contributed by atoms with Crippen LogP contribution in [0.2, 0.25) is 0 Å². The van der Waals surface area contributed by atoms with Crippen LogP contribution in [-0.4, -0.2) is 98.2 Å². The molecule has 39 heavy (non-hydrogen) atoms. The molecular weight excluding hydrogens is 504 g/mol. The molecule has 0 unspecified atom stereocenters.